The lowest BCUT2D eigenvalue weighted by Crippen LogP contribution is -2.35. The molecule has 2 aliphatic rings. The highest BCUT2D eigenvalue weighted by Gasteiger charge is 2.35. The first-order valence-electron chi connectivity index (χ1n) is 11.4. The number of pyridine rings is 1. The van der Waals surface area contributed by atoms with E-state index in [2.05, 4.69) is 58.4 Å². The second-order valence-electron chi connectivity index (χ2n) is 8.85. The molecule has 4 heteroatoms. The normalized spacial score (nSPS) is 18.6. The van der Waals surface area contributed by atoms with Crippen LogP contribution in [0, 0.1) is 5.92 Å². The van der Waals surface area contributed by atoms with Crippen LogP contribution in [0.1, 0.15) is 35.4 Å². The number of likely N-dealkylation sites (tertiary alicyclic amines) is 1. The molecular weight excluding hydrogens is 396 g/mol. The first kappa shape index (κ1) is 19.3. The third-order valence-electron chi connectivity index (χ3n) is 6.93. The van der Waals surface area contributed by atoms with Gasteiger partial charge < -0.3 is 9.15 Å². The van der Waals surface area contributed by atoms with Crippen molar-refractivity contribution in [2.75, 3.05) is 13.1 Å². The summed E-state index contributed by atoms with van der Waals surface area (Å²) >= 11 is 0. The van der Waals surface area contributed by atoms with E-state index in [-0.39, 0.29) is 0 Å². The summed E-state index contributed by atoms with van der Waals surface area (Å²) in [6.45, 7) is 3.19. The molecule has 0 saturated carbocycles. The van der Waals surface area contributed by atoms with Crippen molar-refractivity contribution >= 4 is 0 Å². The average Bonchev–Trinajstić information content (AvgIpc) is 3.36. The van der Waals surface area contributed by atoms with Gasteiger partial charge in [-0.15, -0.1) is 0 Å². The topological polar surface area (TPSA) is 38.5 Å². The highest BCUT2D eigenvalue weighted by molar-refractivity contribution is 5.68. The van der Waals surface area contributed by atoms with Gasteiger partial charge in [0.05, 0.1) is 12.5 Å². The molecule has 4 heterocycles. The maximum absolute atomic E-state index is 6.42. The third kappa shape index (κ3) is 3.61. The molecule has 0 N–H and O–H groups in total. The van der Waals surface area contributed by atoms with E-state index >= 15 is 0 Å². The summed E-state index contributed by atoms with van der Waals surface area (Å²) in [4.78, 5) is 6.69. The van der Waals surface area contributed by atoms with Crippen LogP contribution in [0.3, 0.4) is 0 Å². The van der Waals surface area contributed by atoms with Crippen LogP contribution in [0.15, 0.2) is 90.0 Å². The minimum atomic E-state index is 0.373. The minimum absolute atomic E-state index is 0.373. The van der Waals surface area contributed by atoms with Gasteiger partial charge in [0.15, 0.2) is 0 Å². The number of fused-ring (bicyclic) bond motifs is 2. The predicted molar refractivity (Wildman–Crippen MR) is 125 cm³/mol. The van der Waals surface area contributed by atoms with Gasteiger partial charge in [-0.3, -0.25) is 9.88 Å². The molecule has 0 bridgehead atoms. The summed E-state index contributed by atoms with van der Waals surface area (Å²) < 4.78 is 11.7. The second kappa shape index (κ2) is 8.29. The molecular formula is C28H26N2O2. The number of hydrogen-bond acceptors (Lipinski definition) is 4. The number of hydrogen-bond donors (Lipinski definition) is 0. The van der Waals surface area contributed by atoms with Gasteiger partial charge in [-0.05, 0) is 73.3 Å². The monoisotopic (exact) mass is 422 g/mol. The minimum Gasteiger partial charge on any atom is -0.472 e. The van der Waals surface area contributed by atoms with E-state index in [0.717, 1.165) is 36.7 Å². The van der Waals surface area contributed by atoms with Gasteiger partial charge in [0.25, 0.3) is 0 Å². The van der Waals surface area contributed by atoms with E-state index in [1.165, 1.54) is 35.1 Å². The fraction of sp³-hybridized carbons (Fsp3) is 0.250. The molecule has 4 aromatic rings. The molecule has 1 fully saturated rings. The molecule has 0 radical (unpaired) electrons. The van der Waals surface area contributed by atoms with Crippen LogP contribution in [0.25, 0.3) is 11.1 Å². The van der Waals surface area contributed by atoms with Crippen molar-refractivity contribution in [1.82, 2.24) is 9.88 Å². The number of benzene rings is 2. The average molecular weight is 423 g/mol. The zero-order valence-electron chi connectivity index (χ0n) is 18.0. The summed E-state index contributed by atoms with van der Waals surface area (Å²) in [6, 6.07) is 21.4. The molecule has 1 atom stereocenters. The molecule has 6 rings (SSSR count). The summed E-state index contributed by atoms with van der Waals surface area (Å²) in [5, 5.41) is 0. The van der Waals surface area contributed by atoms with Crippen LogP contribution in [-0.4, -0.2) is 23.0 Å². The van der Waals surface area contributed by atoms with Crippen LogP contribution in [-0.2, 0) is 6.54 Å². The number of furan rings is 1. The van der Waals surface area contributed by atoms with Crippen molar-refractivity contribution in [3.63, 3.8) is 0 Å². The van der Waals surface area contributed by atoms with Gasteiger partial charge in [0.1, 0.15) is 11.5 Å². The van der Waals surface area contributed by atoms with Crippen molar-refractivity contribution in [2.24, 2.45) is 5.92 Å². The molecule has 0 amide bonds. The molecule has 0 aliphatic carbocycles. The van der Waals surface area contributed by atoms with E-state index in [1.54, 1.807) is 6.26 Å². The molecule has 2 aliphatic heterocycles. The Kier molecular flexibility index (Phi) is 5.00. The SMILES string of the molecule is c1ccc2c(c1)Oc1cc(-c3ccncc3)ccc1C2C1CCN(Cc2ccoc2)CC1. The highest BCUT2D eigenvalue weighted by Crippen LogP contribution is 2.50. The molecule has 1 unspecified atom stereocenters. The van der Waals surface area contributed by atoms with Crippen LogP contribution < -0.4 is 4.74 Å². The summed E-state index contributed by atoms with van der Waals surface area (Å²) in [7, 11) is 0. The Hall–Kier alpha value is -3.37. The van der Waals surface area contributed by atoms with Gasteiger partial charge in [0.2, 0.25) is 0 Å². The van der Waals surface area contributed by atoms with Crippen LogP contribution in [0.2, 0.25) is 0 Å². The zero-order valence-corrected chi connectivity index (χ0v) is 18.0. The molecule has 32 heavy (non-hydrogen) atoms. The van der Waals surface area contributed by atoms with E-state index in [1.807, 2.05) is 30.8 Å². The van der Waals surface area contributed by atoms with Gasteiger partial charge in [-0.25, -0.2) is 0 Å². The maximum atomic E-state index is 6.42. The Balaban J connectivity index is 1.29. The number of rotatable bonds is 4. The van der Waals surface area contributed by atoms with E-state index in [4.69, 9.17) is 9.15 Å². The van der Waals surface area contributed by atoms with Crippen molar-refractivity contribution in [2.45, 2.75) is 25.3 Å². The van der Waals surface area contributed by atoms with Crippen LogP contribution >= 0.6 is 0 Å². The Bertz CT molecular complexity index is 1200. The second-order valence-corrected chi connectivity index (χ2v) is 8.85. The molecule has 2 aromatic carbocycles. The lowest BCUT2D eigenvalue weighted by Gasteiger charge is -2.39. The van der Waals surface area contributed by atoms with Crippen molar-refractivity contribution in [3.05, 3.63) is 102 Å². The summed E-state index contributed by atoms with van der Waals surface area (Å²) in [5.41, 5.74) is 6.22. The Labute approximate surface area is 188 Å². The van der Waals surface area contributed by atoms with Crippen molar-refractivity contribution < 1.29 is 9.15 Å². The first-order valence-corrected chi connectivity index (χ1v) is 11.4. The summed E-state index contributed by atoms with van der Waals surface area (Å²) in [5.74, 6) is 2.96. The fourth-order valence-electron chi connectivity index (χ4n) is 5.31. The van der Waals surface area contributed by atoms with Crippen molar-refractivity contribution in [3.8, 4) is 22.6 Å². The zero-order chi connectivity index (χ0) is 21.3. The molecule has 1 saturated heterocycles. The van der Waals surface area contributed by atoms with Gasteiger partial charge in [-0.1, -0.05) is 30.3 Å². The number of ether oxygens (including phenoxy) is 1. The Morgan fingerprint density at radius 2 is 1.66 bits per heavy atom. The smallest absolute Gasteiger partial charge is 0.131 e. The summed E-state index contributed by atoms with van der Waals surface area (Å²) in [6.07, 6.45) is 9.66. The van der Waals surface area contributed by atoms with Gasteiger partial charge in [-0.2, -0.15) is 0 Å². The number of piperidine rings is 1. The lowest BCUT2D eigenvalue weighted by atomic mass is 9.74. The Morgan fingerprint density at radius 3 is 2.47 bits per heavy atom. The molecule has 4 nitrogen and oxygen atoms in total. The highest BCUT2D eigenvalue weighted by atomic mass is 16.5. The van der Waals surface area contributed by atoms with E-state index in [0.29, 0.717) is 11.8 Å². The maximum Gasteiger partial charge on any atom is 0.131 e. The van der Waals surface area contributed by atoms with Crippen LogP contribution in [0.4, 0.5) is 0 Å². The molecule has 0 spiro atoms. The Morgan fingerprint density at radius 1 is 0.844 bits per heavy atom. The lowest BCUT2D eigenvalue weighted by molar-refractivity contribution is 0.166. The number of nitrogens with zero attached hydrogens (tertiary/aromatic N) is 2. The standard InChI is InChI=1S/C28H26N2O2/c1-2-4-26-24(3-1)28(22-9-14-30(15-10-22)18-20-11-16-31-19-20)25-6-5-23(17-27(25)32-26)21-7-12-29-13-8-21/h1-8,11-13,16-17,19,22,28H,9-10,14-15,18H2. The fourth-order valence-corrected chi connectivity index (χ4v) is 5.31. The van der Waals surface area contributed by atoms with Crippen LogP contribution in [0.5, 0.6) is 11.5 Å². The largest absolute Gasteiger partial charge is 0.472 e. The van der Waals surface area contributed by atoms with Gasteiger partial charge >= 0.3 is 0 Å². The van der Waals surface area contributed by atoms with E-state index in [9.17, 15) is 0 Å². The van der Waals surface area contributed by atoms with E-state index < -0.39 is 0 Å². The predicted octanol–water partition coefficient (Wildman–Crippen LogP) is 6.49. The number of para-hydroxylation sites is 1. The van der Waals surface area contributed by atoms with Crippen molar-refractivity contribution in [1.29, 1.82) is 0 Å². The number of aromatic nitrogens is 1. The quantitative estimate of drug-likeness (QED) is 0.377. The molecule has 160 valence electrons. The van der Waals surface area contributed by atoms with Gasteiger partial charge in [0, 0.05) is 41.5 Å². The first-order chi connectivity index (χ1) is 15.8. The molecule has 2 aromatic heterocycles. The third-order valence-corrected chi connectivity index (χ3v) is 6.93.